The highest BCUT2D eigenvalue weighted by Crippen LogP contribution is 2.26. The number of amides is 1. The summed E-state index contributed by atoms with van der Waals surface area (Å²) in [7, 11) is 0. The van der Waals surface area contributed by atoms with Crippen LogP contribution in [0.25, 0.3) is 11.3 Å². The number of hydrazone groups is 1. The number of nitro groups is 1. The van der Waals surface area contributed by atoms with Crippen molar-refractivity contribution in [1.82, 2.24) is 5.43 Å². The van der Waals surface area contributed by atoms with Crippen molar-refractivity contribution >= 4 is 35.4 Å². The molecule has 30 heavy (non-hydrogen) atoms. The van der Waals surface area contributed by atoms with Crippen LogP contribution in [-0.2, 0) is 11.2 Å². The summed E-state index contributed by atoms with van der Waals surface area (Å²) in [6, 6.07) is 13.4. The Morgan fingerprint density at radius 3 is 2.57 bits per heavy atom. The van der Waals surface area contributed by atoms with E-state index >= 15 is 0 Å². The van der Waals surface area contributed by atoms with Crippen LogP contribution in [0.5, 0.6) is 0 Å². The van der Waals surface area contributed by atoms with Crippen LogP contribution in [0.4, 0.5) is 5.69 Å². The van der Waals surface area contributed by atoms with Crippen LogP contribution in [0.1, 0.15) is 21.7 Å². The van der Waals surface area contributed by atoms with Gasteiger partial charge in [0.25, 0.3) is 5.69 Å². The standard InChI is InChI=1S/C20H14ClN3O6/c21-17-7-3-13(10-16(17)20(26)27)18-8-6-15(30-18)11-22-23-19(25)9-12-1-4-14(5-2-12)24(28)29/h1-8,10-11H,9H2,(H,23,25)(H,26,27)/b22-11+. The molecule has 152 valence electrons. The minimum absolute atomic E-state index is 0.00147. The molecule has 2 aromatic carbocycles. The molecule has 0 bridgehead atoms. The summed E-state index contributed by atoms with van der Waals surface area (Å²) in [5.74, 6) is -0.804. The van der Waals surface area contributed by atoms with Crippen molar-refractivity contribution in [2.45, 2.75) is 6.42 Å². The number of carbonyl (C=O) groups is 2. The number of halogens is 1. The highest BCUT2D eigenvalue weighted by atomic mass is 35.5. The minimum Gasteiger partial charge on any atom is -0.478 e. The maximum absolute atomic E-state index is 11.9. The summed E-state index contributed by atoms with van der Waals surface area (Å²) in [5.41, 5.74) is 3.37. The van der Waals surface area contributed by atoms with Crippen LogP contribution >= 0.6 is 11.6 Å². The molecule has 0 saturated carbocycles. The van der Waals surface area contributed by atoms with Gasteiger partial charge in [0, 0.05) is 17.7 Å². The van der Waals surface area contributed by atoms with Crippen LogP contribution in [0.15, 0.2) is 64.1 Å². The Morgan fingerprint density at radius 2 is 1.90 bits per heavy atom. The van der Waals surface area contributed by atoms with Gasteiger partial charge in [0.05, 0.1) is 28.1 Å². The molecule has 0 aliphatic carbocycles. The van der Waals surface area contributed by atoms with Gasteiger partial charge >= 0.3 is 5.97 Å². The molecular formula is C20H14ClN3O6. The van der Waals surface area contributed by atoms with Gasteiger partial charge in [0.1, 0.15) is 11.5 Å². The smallest absolute Gasteiger partial charge is 0.337 e. The van der Waals surface area contributed by atoms with E-state index in [0.717, 1.165) is 0 Å². The molecule has 0 saturated heterocycles. The third-order valence-corrected chi connectivity index (χ3v) is 4.33. The molecule has 2 N–H and O–H groups in total. The third-order valence-electron chi connectivity index (χ3n) is 4.00. The average molecular weight is 428 g/mol. The zero-order valence-corrected chi connectivity index (χ0v) is 16.0. The SMILES string of the molecule is O=C(Cc1ccc([N+](=O)[O-])cc1)N/N=C/c1ccc(-c2ccc(Cl)c(C(=O)O)c2)o1. The molecule has 3 aromatic rings. The van der Waals surface area contributed by atoms with Crippen molar-refractivity contribution in [3.8, 4) is 11.3 Å². The molecule has 0 fully saturated rings. The molecule has 0 radical (unpaired) electrons. The first-order valence-electron chi connectivity index (χ1n) is 8.52. The second-order valence-electron chi connectivity index (χ2n) is 6.10. The van der Waals surface area contributed by atoms with E-state index in [1.54, 1.807) is 18.2 Å². The minimum atomic E-state index is -1.15. The van der Waals surface area contributed by atoms with Gasteiger partial charge in [0.15, 0.2) is 0 Å². The predicted octanol–water partition coefficient (Wildman–Crippen LogP) is 3.90. The van der Waals surface area contributed by atoms with Gasteiger partial charge in [-0.2, -0.15) is 5.10 Å². The lowest BCUT2D eigenvalue weighted by atomic mass is 10.1. The van der Waals surface area contributed by atoms with Gasteiger partial charge in [-0.25, -0.2) is 10.2 Å². The largest absolute Gasteiger partial charge is 0.478 e. The number of furan rings is 1. The van der Waals surface area contributed by atoms with Crippen molar-refractivity contribution < 1.29 is 24.0 Å². The van der Waals surface area contributed by atoms with E-state index in [-0.39, 0.29) is 22.7 Å². The number of rotatable bonds is 7. The first-order chi connectivity index (χ1) is 14.3. The Balaban J connectivity index is 1.60. The number of benzene rings is 2. The lowest BCUT2D eigenvalue weighted by molar-refractivity contribution is -0.384. The molecule has 3 rings (SSSR count). The number of non-ortho nitro benzene ring substituents is 1. The number of hydrogen-bond acceptors (Lipinski definition) is 6. The molecule has 0 atom stereocenters. The highest BCUT2D eigenvalue weighted by molar-refractivity contribution is 6.33. The molecule has 1 aromatic heterocycles. The molecule has 0 aliphatic heterocycles. The quantitative estimate of drug-likeness (QED) is 0.333. The molecule has 0 aliphatic rings. The van der Waals surface area contributed by atoms with Crippen molar-refractivity contribution in [3.05, 3.63) is 86.6 Å². The zero-order chi connectivity index (χ0) is 21.7. The second kappa shape index (κ2) is 9.01. The van der Waals surface area contributed by atoms with Crippen LogP contribution in [0.3, 0.4) is 0 Å². The molecule has 1 amide bonds. The third kappa shape index (κ3) is 5.09. The van der Waals surface area contributed by atoms with E-state index < -0.39 is 16.8 Å². The predicted molar refractivity (Wildman–Crippen MR) is 109 cm³/mol. The Labute approximate surface area is 174 Å². The van der Waals surface area contributed by atoms with Gasteiger partial charge in [-0.3, -0.25) is 14.9 Å². The fourth-order valence-corrected chi connectivity index (χ4v) is 2.75. The number of carboxylic acids is 1. The summed E-state index contributed by atoms with van der Waals surface area (Å²) in [5, 5.41) is 23.7. The number of nitro benzene ring substituents is 1. The van der Waals surface area contributed by atoms with Crippen molar-refractivity contribution in [2.75, 3.05) is 0 Å². The monoisotopic (exact) mass is 427 g/mol. The van der Waals surface area contributed by atoms with E-state index in [2.05, 4.69) is 10.5 Å². The number of carbonyl (C=O) groups excluding carboxylic acids is 1. The summed E-state index contributed by atoms with van der Waals surface area (Å²) < 4.78 is 5.58. The van der Waals surface area contributed by atoms with Gasteiger partial charge in [0.2, 0.25) is 5.91 Å². The zero-order valence-electron chi connectivity index (χ0n) is 15.2. The Hall–Kier alpha value is -3.98. The van der Waals surface area contributed by atoms with Crippen LogP contribution in [-0.4, -0.2) is 28.1 Å². The number of nitrogens with zero attached hydrogens (tertiary/aromatic N) is 2. The van der Waals surface area contributed by atoms with E-state index in [4.69, 9.17) is 21.1 Å². The summed E-state index contributed by atoms with van der Waals surface area (Å²) >= 11 is 5.86. The van der Waals surface area contributed by atoms with E-state index in [1.165, 1.54) is 42.6 Å². The van der Waals surface area contributed by atoms with Crippen LogP contribution in [0, 0.1) is 10.1 Å². The van der Waals surface area contributed by atoms with Gasteiger partial charge in [-0.15, -0.1) is 0 Å². The van der Waals surface area contributed by atoms with Crippen molar-refractivity contribution in [3.63, 3.8) is 0 Å². The summed E-state index contributed by atoms with van der Waals surface area (Å²) in [4.78, 5) is 33.2. The molecule has 1 heterocycles. The first-order valence-corrected chi connectivity index (χ1v) is 8.89. The fraction of sp³-hybridized carbons (Fsp3) is 0.0500. The molecular weight excluding hydrogens is 414 g/mol. The summed E-state index contributed by atoms with van der Waals surface area (Å²) in [6.45, 7) is 0. The maximum atomic E-state index is 11.9. The number of hydrogen-bond donors (Lipinski definition) is 2. The molecule has 10 heteroatoms. The molecule has 9 nitrogen and oxygen atoms in total. The van der Waals surface area contributed by atoms with Gasteiger partial charge in [-0.05, 0) is 35.9 Å². The topological polar surface area (TPSA) is 135 Å². The molecule has 0 spiro atoms. The van der Waals surface area contributed by atoms with Crippen LogP contribution < -0.4 is 5.43 Å². The van der Waals surface area contributed by atoms with E-state index in [9.17, 15) is 19.7 Å². The molecule has 0 unspecified atom stereocenters. The maximum Gasteiger partial charge on any atom is 0.337 e. The van der Waals surface area contributed by atoms with Gasteiger partial charge in [-0.1, -0.05) is 23.7 Å². The van der Waals surface area contributed by atoms with Crippen LogP contribution in [0.2, 0.25) is 5.02 Å². The number of carboxylic acid groups (broad SMARTS) is 1. The lowest BCUT2D eigenvalue weighted by Gasteiger charge is -2.02. The average Bonchev–Trinajstić information content (AvgIpc) is 3.17. The van der Waals surface area contributed by atoms with Crippen molar-refractivity contribution in [1.29, 1.82) is 0 Å². The Bertz CT molecular complexity index is 1140. The lowest BCUT2D eigenvalue weighted by Crippen LogP contribution is -2.19. The summed E-state index contributed by atoms with van der Waals surface area (Å²) in [6.07, 6.45) is 1.30. The Morgan fingerprint density at radius 1 is 1.17 bits per heavy atom. The van der Waals surface area contributed by atoms with E-state index in [0.29, 0.717) is 22.6 Å². The second-order valence-corrected chi connectivity index (χ2v) is 6.50. The number of aromatic carboxylic acids is 1. The fourth-order valence-electron chi connectivity index (χ4n) is 2.55. The highest BCUT2D eigenvalue weighted by Gasteiger charge is 2.12. The van der Waals surface area contributed by atoms with Gasteiger partial charge < -0.3 is 9.52 Å². The normalized spacial score (nSPS) is 10.8. The first kappa shape index (κ1) is 20.7. The Kier molecular flexibility index (Phi) is 6.23. The van der Waals surface area contributed by atoms with E-state index in [1.807, 2.05) is 0 Å². The number of nitrogens with one attached hydrogen (secondary N) is 1. The van der Waals surface area contributed by atoms with Crippen molar-refractivity contribution in [2.24, 2.45) is 5.10 Å².